The Balaban J connectivity index is 0.00000243. The van der Waals surface area contributed by atoms with Gasteiger partial charge in [-0.3, -0.25) is 9.67 Å². The summed E-state index contributed by atoms with van der Waals surface area (Å²) < 4.78 is 1.85. The number of hydrogen-bond donors (Lipinski definition) is 2. The minimum absolute atomic E-state index is 0. The van der Waals surface area contributed by atoms with Crippen LogP contribution >= 0.6 is 24.0 Å². The van der Waals surface area contributed by atoms with Gasteiger partial charge in [-0.05, 0) is 37.0 Å². The van der Waals surface area contributed by atoms with Gasteiger partial charge in [0, 0.05) is 51.7 Å². The number of nitrogens with one attached hydrogen (secondary N) is 2. The van der Waals surface area contributed by atoms with Gasteiger partial charge in [-0.2, -0.15) is 5.10 Å². The third-order valence-corrected chi connectivity index (χ3v) is 4.57. The van der Waals surface area contributed by atoms with Gasteiger partial charge in [0.2, 0.25) is 0 Å². The number of benzene rings is 1. The Labute approximate surface area is 173 Å². The van der Waals surface area contributed by atoms with Gasteiger partial charge in [-0.25, -0.2) is 0 Å². The van der Waals surface area contributed by atoms with E-state index in [1.807, 2.05) is 25.0 Å². The second kappa shape index (κ2) is 10.4. The van der Waals surface area contributed by atoms with Crippen LogP contribution < -0.4 is 15.5 Å². The van der Waals surface area contributed by atoms with E-state index in [-0.39, 0.29) is 24.0 Å². The molecule has 1 unspecified atom stereocenters. The molecule has 1 fully saturated rings. The van der Waals surface area contributed by atoms with E-state index < -0.39 is 0 Å². The van der Waals surface area contributed by atoms with Crippen LogP contribution in [0, 0.1) is 0 Å². The van der Waals surface area contributed by atoms with Crippen molar-refractivity contribution in [3.8, 4) is 0 Å². The maximum absolute atomic E-state index is 4.36. The highest BCUT2D eigenvalue weighted by Crippen LogP contribution is 2.19. The maximum Gasteiger partial charge on any atom is 0.191 e. The third-order valence-electron chi connectivity index (χ3n) is 4.57. The number of guanidine groups is 1. The van der Waals surface area contributed by atoms with Crippen molar-refractivity contribution in [1.82, 2.24) is 20.4 Å². The summed E-state index contributed by atoms with van der Waals surface area (Å²) in [5.74, 6) is 0.895. The molecule has 1 saturated heterocycles. The van der Waals surface area contributed by atoms with Gasteiger partial charge in [-0.1, -0.05) is 18.2 Å². The highest BCUT2D eigenvalue weighted by molar-refractivity contribution is 14.0. The van der Waals surface area contributed by atoms with Gasteiger partial charge in [0.05, 0.1) is 6.20 Å². The van der Waals surface area contributed by atoms with Gasteiger partial charge in [0.15, 0.2) is 5.96 Å². The summed E-state index contributed by atoms with van der Waals surface area (Å²) >= 11 is 0. The van der Waals surface area contributed by atoms with Gasteiger partial charge in [0.25, 0.3) is 0 Å². The van der Waals surface area contributed by atoms with Crippen LogP contribution in [-0.2, 0) is 13.5 Å². The van der Waals surface area contributed by atoms with Crippen molar-refractivity contribution in [2.45, 2.75) is 25.3 Å². The average molecular weight is 468 g/mol. The number of hydrogen-bond acceptors (Lipinski definition) is 3. The lowest BCUT2D eigenvalue weighted by atomic mass is 10.2. The van der Waals surface area contributed by atoms with E-state index in [4.69, 9.17) is 0 Å². The molecule has 0 radical (unpaired) electrons. The van der Waals surface area contributed by atoms with E-state index in [1.54, 1.807) is 0 Å². The van der Waals surface area contributed by atoms with Crippen molar-refractivity contribution in [2.24, 2.45) is 12.0 Å². The molecule has 1 aliphatic rings. The van der Waals surface area contributed by atoms with Crippen molar-refractivity contribution in [1.29, 1.82) is 0 Å². The molecular weight excluding hydrogens is 439 g/mol. The summed E-state index contributed by atoms with van der Waals surface area (Å²) in [6.45, 7) is 3.00. The number of rotatable bonds is 6. The minimum atomic E-state index is 0. The van der Waals surface area contributed by atoms with Crippen LogP contribution in [0.2, 0.25) is 0 Å². The number of anilines is 1. The van der Waals surface area contributed by atoms with Gasteiger partial charge >= 0.3 is 0 Å². The molecule has 0 aliphatic carbocycles. The Morgan fingerprint density at radius 3 is 2.81 bits per heavy atom. The number of aromatic nitrogens is 2. The lowest BCUT2D eigenvalue weighted by Crippen LogP contribution is -2.44. The van der Waals surface area contributed by atoms with Crippen LogP contribution in [0.3, 0.4) is 0 Å². The van der Waals surface area contributed by atoms with Crippen molar-refractivity contribution in [3.63, 3.8) is 0 Å². The molecular formula is C19H29IN6. The molecule has 3 rings (SSSR count). The topological polar surface area (TPSA) is 57.5 Å². The Kier molecular flexibility index (Phi) is 8.21. The molecule has 142 valence electrons. The SMILES string of the molecule is CN=C(NCCCc1cnn(C)c1)NC1CCN(c2ccccc2)C1.I. The van der Waals surface area contributed by atoms with Gasteiger partial charge < -0.3 is 15.5 Å². The smallest absolute Gasteiger partial charge is 0.191 e. The molecule has 6 nitrogen and oxygen atoms in total. The zero-order valence-corrected chi connectivity index (χ0v) is 17.9. The van der Waals surface area contributed by atoms with Crippen molar-refractivity contribution in [3.05, 3.63) is 48.3 Å². The molecule has 7 heteroatoms. The van der Waals surface area contributed by atoms with Crippen molar-refractivity contribution < 1.29 is 0 Å². The number of para-hydroxylation sites is 1. The third kappa shape index (κ3) is 5.89. The molecule has 0 amide bonds. The number of aryl methyl sites for hydroxylation is 2. The molecule has 2 N–H and O–H groups in total. The van der Waals surface area contributed by atoms with Gasteiger partial charge in [0.1, 0.15) is 0 Å². The molecule has 1 aromatic carbocycles. The lowest BCUT2D eigenvalue weighted by Gasteiger charge is -2.20. The number of nitrogens with zero attached hydrogens (tertiary/aromatic N) is 4. The first-order chi connectivity index (χ1) is 12.2. The lowest BCUT2D eigenvalue weighted by molar-refractivity contribution is 0.643. The van der Waals surface area contributed by atoms with E-state index in [1.165, 1.54) is 11.3 Å². The average Bonchev–Trinajstić information content (AvgIpc) is 3.27. The molecule has 26 heavy (non-hydrogen) atoms. The van der Waals surface area contributed by atoms with E-state index in [2.05, 4.69) is 62.2 Å². The zero-order valence-electron chi connectivity index (χ0n) is 15.6. The monoisotopic (exact) mass is 468 g/mol. The summed E-state index contributed by atoms with van der Waals surface area (Å²) in [5.41, 5.74) is 2.58. The van der Waals surface area contributed by atoms with Crippen LogP contribution in [-0.4, -0.2) is 48.5 Å². The van der Waals surface area contributed by atoms with Crippen LogP contribution in [0.15, 0.2) is 47.7 Å². The molecule has 0 saturated carbocycles. The van der Waals surface area contributed by atoms with Crippen LogP contribution in [0.4, 0.5) is 5.69 Å². The van der Waals surface area contributed by atoms with Crippen molar-refractivity contribution >= 4 is 35.6 Å². The summed E-state index contributed by atoms with van der Waals surface area (Å²) in [5, 5.41) is 11.2. The molecule has 2 aromatic rings. The minimum Gasteiger partial charge on any atom is -0.369 e. The first-order valence-corrected chi connectivity index (χ1v) is 8.99. The van der Waals surface area contributed by atoms with Crippen LogP contribution in [0.5, 0.6) is 0 Å². The summed E-state index contributed by atoms with van der Waals surface area (Å²) in [6.07, 6.45) is 7.23. The van der Waals surface area contributed by atoms with E-state index in [9.17, 15) is 0 Å². The number of halogens is 1. The van der Waals surface area contributed by atoms with Crippen LogP contribution in [0.1, 0.15) is 18.4 Å². The first kappa shape index (κ1) is 20.5. The Bertz CT molecular complexity index is 684. The standard InChI is InChI=1S/C19H28N6.HI/c1-20-19(21-11-6-7-16-13-22-24(2)14-16)23-17-10-12-25(15-17)18-8-4-3-5-9-18;/h3-5,8-9,13-14,17H,6-7,10-12,15H2,1-2H3,(H2,20,21,23);1H. The number of aliphatic imine (C=N–C) groups is 1. The molecule has 1 aromatic heterocycles. The van der Waals surface area contributed by atoms with E-state index in [0.29, 0.717) is 6.04 Å². The predicted molar refractivity (Wildman–Crippen MR) is 119 cm³/mol. The second-order valence-electron chi connectivity index (χ2n) is 6.54. The summed E-state index contributed by atoms with van der Waals surface area (Å²) in [7, 11) is 3.79. The molecule has 0 spiro atoms. The Hall–Kier alpha value is -1.77. The molecule has 2 heterocycles. The second-order valence-corrected chi connectivity index (χ2v) is 6.54. The van der Waals surface area contributed by atoms with E-state index in [0.717, 1.165) is 44.9 Å². The normalized spacial score (nSPS) is 17.1. The fourth-order valence-electron chi connectivity index (χ4n) is 3.24. The quantitative estimate of drug-likeness (QED) is 0.296. The van der Waals surface area contributed by atoms with Gasteiger partial charge in [-0.15, -0.1) is 24.0 Å². The molecule has 0 bridgehead atoms. The Morgan fingerprint density at radius 2 is 2.12 bits per heavy atom. The maximum atomic E-state index is 4.36. The Morgan fingerprint density at radius 1 is 1.31 bits per heavy atom. The zero-order chi connectivity index (χ0) is 17.5. The largest absolute Gasteiger partial charge is 0.369 e. The fourth-order valence-corrected chi connectivity index (χ4v) is 3.24. The van der Waals surface area contributed by atoms with Crippen molar-refractivity contribution in [2.75, 3.05) is 31.6 Å². The summed E-state index contributed by atoms with van der Waals surface area (Å²) in [6, 6.07) is 11.0. The summed E-state index contributed by atoms with van der Waals surface area (Å²) in [4.78, 5) is 6.78. The first-order valence-electron chi connectivity index (χ1n) is 8.99. The van der Waals surface area contributed by atoms with Crippen LogP contribution in [0.25, 0.3) is 0 Å². The highest BCUT2D eigenvalue weighted by atomic mass is 127. The fraction of sp³-hybridized carbons (Fsp3) is 0.474. The predicted octanol–water partition coefficient (Wildman–Crippen LogP) is 2.41. The van der Waals surface area contributed by atoms with E-state index >= 15 is 0 Å². The highest BCUT2D eigenvalue weighted by Gasteiger charge is 2.23. The molecule has 1 atom stereocenters. The molecule has 1 aliphatic heterocycles.